The van der Waals surface area contributed by atoms with Gasteiger partial charge in [0.15, 0.2) is 11.5 Å². The van der Waals surface area contributed by atoms with Gasteiger partial charge in [-0.25, -0.2) is 4.99 Å². The summed E-state index contributed by atoms with van der Waals surface area (Å²) < 4.78 is 0.905. The van der Waals surface area contributed by atoms with Crippen molar-refractivity contribution in [3.05, 3.63) is 56.2 Å². The first-order chi connectivity index (χ1) is 9.95. The third-order valence-corrected chi connectivity index (χ3v) is 4.99. The van der Waals surface area contributed by atoms with Gasteiger partial charge in [-0.05, 0) is 36.1 Å². The Morgan fingerprint density at radius 1 is 1.33 bits per heavy atom. The largest absolute Gasteiger partial charge is 0.369 e. The van der Waals surface area contributed by atoms with Gasteiger partial charge in [0.25, 0.3) is 5.91 Å². The number of nitrogens with two attached hydrogens (primary N) is 1. The molecule has 0 fully saturated rings. The Balaban J connectivity index is 2.29. The maximum atomic E-state index is 12.9. The zero-order chi connectivity index (χ0) is 15.2. The van der Waals surface area contributed by atoms with E-state index in [0.29, 0.717) is 0 Å². The first-order valence-corrected chi connectivity index (χ1v) is 8.07. The van der Waals surface area contributed by atoms with E-state index in [9.17, 15) is 4.79 Å². The average molecular weight is 364 g/mol. The second-order valence-electron chi connectivity index (χ2n) is 5.00. The molecule has 1 aliphatic rings. The summed E-state index contributed by atoms with van der Waals surface area (Å²) in [6.07, 6.45) is 0. The topological polar surface area (TPSA) is 58.7 Å². The van der Waals surface area contributed by atoms with E-state index in [2.05, 4.69) is 20.9 Å². The Labute approximate surface area is 135 Å². The summed E-state index contributed by atoms with van der Waals surface area (Å²) in [5.41, 5.74) is 6.51. The molecule has 1 atom stereocenters. The number of rotatable bonds is 2. The Hall–Kier alpha value is -1.66. The van der Waals surface area contributed by atoms with Gasteiger partial charge in [-0.15, -0.1) is 11.3 Å². The molecular weight excluding hydrogens is 350 g/mol. The highest BCUT2D eigenvalue weighted by atomic mass is 79.9. The molecule has 4 nitrogen and oxygen atoms in total. The molecule has 0 saturated carbocycles. The summed E-state index contributed by atoms with van der Waals surface area (Å²) >= 11 is 5.06. The number of aliphatic imine (C=N–C) groups is 1. The minimum absolute atomic E-state index is 0.129. The number of likely N-dealkylation sites (N-methyl/N-ethyl adjacent to an activating group) is 1. The van der Waals surface area contributed by atoms with Crippen LogP contribution >= 0.6 is 27.3 Å². The molecule has 2 aromatic rings. The second-order valence-corrected chi connectivity index (χ2v) is 7.03. The lowest BCUT2D eigenvalue weighted by molar-refractivity contribution is -0.129. The van der Waals surface area contributed by atoms with E-state index in [0.717, 1.165) is 20.5 Å². The summed E-state index contributed by atoms with van der Waals surface area (Å²) in [5, 5.41) is 1.98. The third kappa shape index (κ3) is 2.10. The van der Waals surface area contributed by atoms with Crippen LogP contribution in [0.3, 0.4) is 0 Å². The molecule has 21 heavy (non-hydrogen) atoms. The Kier molecular flexibility index (Phi) is 3.37. The molecule has 2 heterocycles. The van der Waals surface area contributed by atoms with Crippen LogP contribution in [0, 0.1) is 6.92 Å². The quantitative estimate of drug-likeness (QED) is 0.891. The number of thiophene rings is 1. The number of nitrogens with zero attached hydrogens (tertiary/aromatic N) is 2. The van der Waals surface area contributed by atoms with Crippen LogP contribution in [0.4, 0.5) is 0 Å². The van der Waals surface area contributed by atoms with Gasteiger partial charge in [0.2, 0.25) is 0 Å². The van der Waals surface area contributed by atoms with Crippen molar-refractivity contribution >= 4 is 39.1 Å². The molecule has 0 bridgehead atoms. The molecule has 1 aromatic carbocycles. The van der Waals surface area contributed by atoms with E-state index < -0.39 is 5.54 Å². The van der Waals surface area contributed by atoms with Gasteiger partial charge in [-0.1, -0.05) is 28.1 Å². The lowest BCUT2D eigenvalue weighted by atomic mass is 9.84. The highest BCUT2D eigenvalue weighted by Crippen LogP contribution is 2.41. The van der Waals surface area contributed by atoms with Crippen molar-refractivity contribution in [1.29, 1.82) is 0 Å². The van der Waals surface area contributed by atoms with Gasteiger partial charge in [0.1, 0.15) is 0 Å². The molecule has 3 rings (SSSR count). The molecule has 1 aliphatic heterocycles. The molecule has 1 unspecified atom stereocenters. The molecule has 1 amide bonds. The van der Waals surface area contributed by atoms with Gasteiger partial charge in [0.05, 0.1) is 0 Å². The van der Waals surface area contributed by atoms with E-state index >= 15 is 0 Å². The van der Waals surface area contributed by atoms with Crippen LogP contribution in [0.15, 0.2) is 45.2 Å². The van der Waals surface area contributed by atoms with Crippen molar-refractivity contribution in [2.75, 3.05) is 7.05 Å². The van der Waals surface area contributed by atoms with Gasteiger partial charge in [-0.2, -0.15) is 0 Å². The van der Waals surface area contributed by atoms with Crippen LogP contribution in [0.1, 0.15) is 16.0 Å². The van der Waals surface area contributed by atoms with E-state index in [1.165, 1.54) is 4.90 Å². The van der Waals surface area contributed by atoms with Crippen LogP contribution in [0.2, 0.25) is 0 Å². The van der Waals surface area contributed by atoms with Crippen molar-refractivity contribution in [1.82, 2.24) is 4.90 Å². The number of aryl methyl sites for hydroxylation is 1. The lowest BCUT2D eigenvalue weighted by Crippen LogP contribution is -2.40. The zero-order valence-electron chi connectivity index (χ0n) is 11.6. The Bertz CT molecular complexity index is 755. The number of halogens is 1. The summed E-state index contributed by atoms with van der Waals surface area (Å²) in [6, 6.07) is 9.65. The van der Waals surface area contributed by atoms with Crippen molar-refractivity contribution in [2.24, 2.45) is 10.7 Å². The van der Waals surface area contributed by atoms with Gasteiger partial charge < -0.3 is 5.73 Å². The van der Waals surface area contributed by atoms with Gasteiger partial charge in [0, 0.05) is 22.0 Å². The standard InChI is InChI=1S/C15H14BrN3OS/c1-9-6-11(8-21-9)15(10-4-3-5-12(16)7-10)13(20)19(2)14(17)18-15/h3-8H,1-2H3,(H2,17,18). The molecule has 2 N–H and O–H groups in total. The SMILES string of the molecule is Cc1cc(C2(c3cccc(Br)c3)N=C(N)N(C)C2=O)cs1. The maximum Gasteiger partial charge on any atom is 0.266 e. The van der Waals surface area contributed by atoms with E-state index in [4.69, 9.17) is 5.73 Å². The predicted octanol–water partition coefficient (Wildman–Crippen LogP) is 2.85. The van der Waals surface area contributed by atoms with Gasteiger partial charge in [-0.3, -0.25) is 9.69 Å². The molecule has 0 spiro atoms. The zero-order valence-corrected chi connectivity index (χ0v) is 14.0. The minimum atomic E-state index is -1.08. The summed E-state index contributed by atoms with van der Waals surface area (Å²) in [6.45, 7) is 2.01. The van der Waals surface area contributed by atoms with Crippen LogP contribution in [0.5, 0.6) is 0 Å². The fourth-order valence-corrected chi connectivity index (χ4v) is 3.68. The number of hydrogen-bond acceptors (Lipinski definition) is 4. The van der Waals surface area contributed by atoms with Crippen molar-refractivity contribution in [3.63, 3.8) is 0 Å². The number of carbonyl (C=O) groups is 1. The Morgan fingerprint density at radius 3 is 2.62 bits per heavy atom. The second kappa shape index (κ2) is 4.96. The Morgan fingerprint density at radius 2 is 2.10 bits per heavy atom. The number of benzene rings is 1. The molecule has 6 heteroatoms. The number of carbonyl (C=O) groups excluding carboxylic acids is 1. The first kappa shape index (κ1) is 14.3. The fraction of sp³-hybridized carbons (Fsp3) is 0.200. The smallest absolute Gasteiger partial charge is 0.266 e. The first-order valence-electron chi connectivity index (χ1n) is 6.40. The summed E-state index contributed by atoms with van der Waals surface area (Å²) in [4.78, 5) is 20.0. The minimum Gasteiger partial charge on any atom is -0.369 e. The van der Waals surface area contributed by atoms with E-state index in [1.54, 1.807) is 18.4 Å². The van der Waals surface area contributed by atoms with Crippen molar-refractivity contribution < 1.29 is 4.79 Å². The van der Waals surface area contributed by atoms with E-state index in [-0.39, 0.29) is 11.9 Å². The molecule has 0 aliphatic carbocycles. The number of hydrogen-bond donors (Lipinski definition) is 1. The molecule has 0 radical (unpaired) electrons. The average Bonchev–Trinajstić information content (AvgIpc) is 2.97. The summed E-state index contributed by atoms with van der Waals surface area (Å²) in [5.74, 6) is 0.111. The van der Waals surface area contributed by atoms with Crippen molar-refractivity contribution in [3.8, 4) is 0 Å². The monoisotopic (exact) mass is 363 g/mol. The summed E-state index contributed by atoms with van der Waals surface area (Å²) in [7, 11) is 1.65. The number of guanidine groups is 1. The normalized spacial score (nSPS) is 21.8. The molecule has 108 valence electrons. The molecule has 1 aromatic heterocycles. The fourth-order valence-electron chi connectivity index (χ4n) is 2.53. The highest BCUT2D eigenvalue weighted by Gasteiger charge is 2.49. The number of amides is 1. The maximum absolute atomic E-state index is 12.9. The van der Waals surface area contributed by atoms with E-state index in [1.807, 2.05) is 42.6 Å². The third-order valence-electron chi connectivity index (χ3n) is 3.63. The van der Waals surface area contributed by atoms with Crippen LogP contribution in [-0.2, 0) is 10.3 Å². The highest BCUT2D eigenvalue weighted by molar-refractivity contribution is 9.10. The van der Waals surface area contributed by atoms with Crippen molar-refractivity contribution in [2.45, 2.75) is 12.5 Å². The van der Waals surface area contributed by atoms with Crippen LogP contribution in [-0.4, -0.2) is 23.8 Å². The van der Waals surface area contributed by atoms with Crippen LogP contribution in [0.25, 0.3) is 0 Å². The predicted molar refractivity (Wildman–Crippen MR) is 88.4 cm³/mol. The molecular formula is C15H14BrN3OS. The van der Waals surface area contributed by atoms with Crippen LogP contribution < -0.4 is 5.73 Å². The van der Waals surface area contributed by atoms with Gasteiger partial charge >= 0.3 is 0 Å². The molecule has 0 saturated heterocycles. The lowest BCUT2D eigenvalue weighted by Gasteiger charge is -2.25.